The van der Waals surface area contributed by atoms with Crippen molar-refractivity contribution in [2.45, 2.75) is 23.7 Å². The monoisotopic (exact) mass is 294 g/mol. The number of H-pyrrole nitrogens is 1. The highest BCUT2D eigenvalue weighted by molar-refractivity contribution is 7.99. The summed E-state index contributed by atoms with van der Waals surface area (Å²) in [4.78, 5) is 26.4. The maximum absolute atomic E-state index is 11.2. The predicted octanol–water partition coefficient (Wildman–Crippen LogP) is 0.533. The number of nitrogen functional groups attached to an aromatic ring is 1. The van der Waals surface area contributed by atoms with Crippen LogP contribution in [0, 0.1) is 0 Å². The zero-order valence-corrected chi connectivity index (χ0v) is 11.6. The van der Waals surface area contributed by atoms with Crippen LogP contribution in [0.2, 0.25) is 0 Å². The van der Waals surface area contributed by atoms with Crippen LogP contribution in [0.15, 0.2) is 33.3 Å². The average Bonchev–Trinajstić information content (AvgIpc) is 2.45. The Balaban J connectivity index is 2.23. The summed E-state index contributed by atoms with van der Waals surface area (Å²) in [5.41, 5.74) is 2.25. The zero-order valence-electron chi connectivity index (χ0n) is 10.8. The van der Waals surface area contributed by atoms with E-state index in [1.54, 1.807) is 6.07 Å². The average molecular weight is 294 g/mol. The predicted molar refractivity (Wildman–Crippen MR) is 74.2 cm³/mol. The molecule has 0 aliphatic rings. The van der Waals surface area contributed by atoms with Crippen molar-refractivity contribution in [3.8, 4) is 0 Å². The first-order valence-corrected chi connectivity index (χ1v) is 6.68. The Kier molecular flexibility index (Phi) is 5.04. The quantitative estimate of drug-likeness (QED) is 0.305. The molecule has 0 amide bonds. The molecule has 20 heavy (non-hydrogen) atoms. The van der Waals surface area contributed by atoms with Crippen molar-refractivity contribution in [3.05, 3.63) is 34.5 Å². The van der Waals surface area contributed by atoms with Gasteiger partial charge in [-0.05, 0) is 18.7 Å². The van der Waals surface area contributed by atoms with Crippen LogP contribution >= 0.6 is 11.8 Å². The third-order valence-corrected chi connectivity index (χ3v) is 3.00. The largest absolute Gasteiger partial charge is 0.374 e. The third kappa shape index (κ3) is 4.02. The number of aromatic nitrogens is 4. The molecule has 0 aliphatic carbocycles. The minimum Gasteiger partial charge on any atom is -0.374 e. The van der Waals surface area contributed by atoms with Crippen LogP contribution < -0.4 is 16.8 Å². The molecular formula is C11H14N6O2S. The van der Waals surface area contributed by atoms with Crippen molar-refractivity contribution in [3.63, 3.8) is 0 Å². The molecule has 9 heteroatoms. The SMILES string of the molecule is CCOCc1nc(NN)cc(Sc2nccc(=O)[nH]2)n1. The van der Waals surface area contributed by atoms with Crippen LogP contribution in [-0.2, 0) is 11.3 Å². The molecule has 0 spiro atoms. The van der Waals surface area contributed by atoms with Crippen LogP contribution in [0.1, 0.15) is 12.7 Å². The number of nitrogens with one attached hydrogen (secondary N) is 2. The van der Waals surface area contributed by atoms with Gasteiger partial charge in [-0.25, -0.2) is 20.8 Å². The molecular weight excluding hydrogens is 280 g/mol. The van der Waals surface area contributed by atoms with Gasteiger partial charge in [-0.3, -0.25) is 4.79 Å². The summed E-state index contributed by atoms with van der Waals surface area (Å²) in [6, 6.07) is 3.00. The lowest BCUT2D eigenvalue weighted by atomic mass is 10.5. The molecule has 0 aromatic carbocycles. The number of nitrogens with two attached hydrogens (primary N) is 1. The first-order valence-electron chi connectivity index (χ1n) is 5.86. The topological polar surface area (TPSA) is 119 Å². The van der Waals surface area contributed by atoms with E-state index in [-0.39, 0.29) is 12.2 Å². The highest BCUT2D eigenvalue weighted by Gasteiger charge is 2.07. The van der Waals surface area contributed by atoms with Gasteiger partial charge in [0.1, 0.15) is 17.5 Å². The molecule has 0 saturated carbocycles. The van der Waals surface area contributed by atoms with Gasteiger partial charge in [0.25, 0.3) is 5.56 Å². The summed E-state index contributed by atoms with van der Waals surface area (Å²) in [6.07, 6.45) is 1.44. The van der Waals surface area contributed by atoms with Crippen molar-refractivity contribution in [1.29, 1.82) is 0 Å². The smallest absolute Gasteiger partial charge is 0.251 e. The lowest BCUT2D eigenvalue weighted by molar-refractivity contribution is 0.128. The van der Waals surface area contributed by atoms with Gasteiger partial charge in [0.05, 0.1) is 0 Å². The molecule has 0 atom stereocenters. The third-order valence-electron chi connectivity index (χ3n) is 2.18. The number of nitrogens with zero attached hydrogens (tertiary/aromatic N) is 3. The molecule has 8 nitrogen and oxygen atoms in total. The maximum atomic E-state index is 11.2. The van der Waals surface area contributed by atoms with Crippen molar-refractivity contribution in [2.75, 3.05) is 12.0 Å². The first-order chi connectivity index (χ1) is 9.71. The Hall–Kier alpha value is -1.97. The van der Waals surface area contributed by atoms with E-state index in [0.29, 0.717) is 28.4 Å². The Labute approximate surface area is 119 Å². The van der Waals surface area contributed by atoms with Gasteiger partial charge in [0.15, 0.2) is 11.0 Å². The van der Waals surface area contributed by atoms with Crippen LogP contribution in [0.3, 0.4) is 0 Å². The van der Waals surface area contributed by atoms with E-state index in [1.165, 1.54) is 24.0 Å². The number of ether oxygens (including phenoxy) is 1. The molecule has 2 rings (SSSR count). The van der Waals surface area contributed by atoms with Gasteiger partial charge in [-0.1, -0.05) is 0 Å². The van der Waals surface area contributed by atoms with Gasteiger partial charge in [0.2, 0.25) is 0 Å². The second-order valence-corrected chi connectivity index (χ2v) is 4.64. The Morgan fingerprint density at radius 1 is 1.50 bits per heavy atom. The van der Waals surface area contributed by atoms with Crippen molar-refractivity contribution < 1.29 is 4.74 Å². The first kappa shape index (κ1) is 14.4. The lowest BCUT2D eigenvalue weighted by Crippen LogP contribution is -2.11. The fourth-order valence-electron chi connectivity index (χ4n) is 1.36. The zero-order chi connectivity index (χ0) is 14.4. The summed E-state index contributed by atoms with van der Waals surface area (Å²) >= 11 is 1.21. The number of aromatic amines is 1. The van der Waals surface area contributed by atoms with Gasteiger partial charge in [-0.15, -0.1) is 0 Å². The number of hydrogen-bond donors (Lipinski definition) is 3. The number of anilines is 1. The van der Waals surface area contributed by atoms with Gasteiger partial charge in [-0.2, -0.15) is 0 Å². The normalized spacial score (nSPS) is 10.5. The molecule has 106 valence electrons. The molecule has 2 aromatic heterocycles. The van der Waals surface area contributed by atoms with Crippen LogP contribution in [0.4, 0.5) is 5.82 Å². The van der Waals surface area contributed by atoms with E-state index >= 15 is 0 Å². The summed E-state index contributed by atoms with van der Waals surface area (Å²) in [6.45, 7) is 2.75. The second kappa shape index (κ2) is 6.98. The molecule has 0 fully saturated rings. The van der Waals surface area contributed by atoms with E-state index in [4.69, 9.17) is 10.6 Å². The molecule has 0 radical (unpaired) electrons. The summed E-state index contributed by atoms with van der Waals surface area (Å²) in [5.74, 6) is 6.34. The molecule has 0 bridgehead atoms. The van der Waals surface area contributed by atoms with Crippen LogP contribution in [-0.4, -0.2) is 26.5 Å². The second-order valence-electron chi connectivity index (χ2n) is 3.63. The summed E-state index contributed by atoms with van der Waals surface area (Å²) < 4.78 is 5.27. The van der Waals surface area contributed by atoms with Gasteiger partial charge >= 0.3 is 0 Å². The van der Waals surface area contributed by atoms with Crippen molar-refractivity contribution in [2.24, 2.45) is 5.84 Å². The summed E-state index contributed by atoms with van der Waals surface area (Å²) in [7, 11) is 0. The molecule has 2 heterocycles. The number of rotatable bonds is 6. The standard InChI is InChI=1S/C11H14N6O2S/c1-2-19-6-8-14-7(17-12)5-10(15-8)20-11-13-4-3-9(18)16-11/h3-5H,2,6,12H2,1H3,(H,13,16,18)(H,14,15,17). The Morgan fingerprint density at radius 3 is 3.05 bits per heavy atom. The van der Waals surface area contributed by atoms with E-state index in [9.17, 15) is 4.79 Å². The molecule has 0 unspecified atom stereocenters. The Morgan fingerprint density at radius 2 is 2.35 bits per heavy atom. The highest BCUT2D eigenvalue weighted by Crippen LogP contribution is 2.23. The number of hydrogen-bond acceptors (Lipinski definition) is 8. The number of hydrazine groups is 1. The summed E-state index contributed by atoms with van der Waals surface area (Å²) in [5, 5.41) is 1.05. The molecule has 0 saturated heterocycles. The van der Waals surface area contributed by atoms with E-state index in [2.05, 4.69) is 25.4 Å². The van der Waals surface area contributed by atoms with Crippen molar-refractivity contribution in [1.82, 2.24) is 19.9 Å². The fourth-order valence-corrected chi connectivity index (χ4v) is 2.14. The minimum atomic E-state index is -0.219. The molecule has 0 aliphatic heterocycles. The van der Waals surface area contributed by atoms with E-state index in [1.807, 2.05) is 6.92 Å². The fraction of sp³-hybridized carbons (Fsp3) is 0.273. The van der Waals surface area contributed by atoms with E-state index < -0.39 is 0 Å². The highest BCUT2D eigenvalue weighted by atomic mass is 32.2. The molecule has 4 N–H and O–H groups in total. The van der Waals surface area contributed by atoms with Gasteiger partial charge < -0.3 is 15.1 Å². The van der Waals surface area contributed by atoms with Crippen LogP contribution in [0.5, 0.6) is 0 Å². The lowest BCUT2D eigenvalue weighted by Gasteiger charge is -2.07. The van der Waals surface area contributed by atoms with Gasteiger partial charge in [0, 0.05) is 24.9 Å². The Bertz CT molecular complexity index is 632. The minimum absolute atomic E-state index is 0.219. The van der Waals surface area contributed by atoms with Crippen LogP contribution in [0.25, 0.3) is 0 Å². The molecule has 2 aromatic rings. The van der Waals surface area contributed by atoms with E-state index in [0.717, 1.165) is 0 Å². The van der Waals surface area contributed by atoms with Crippen molar-refractivity contribution >= 4 is 17.6 Å². The maximum Gasteiger partial charge on any atom is 0.251 e.